The zero-order chi connectivity index (χ0) is 11.0. The second-order valence-corrected chi connectivity index (χ2v) is 7.06. The van der Waals surface area contributed by atoms with Crippen LogP contribution >= 0.6 is 46.7 Å². The van der Waals surface area contributed by atoms with Crippen LogP contribution in [0.3, 0.4) is 0 Å². The fourth-order valence-electron chi connectivity index (χ4n) is 0.969. The largest absolute Gasteiger partial charge is 0.370 e. The lowest BCUT2D eigenvalue weighted by Gasteiger charge is -2.26. The molecule has 1 amide bonds. The third-order valence-corrected chi connectivity index (χ3v) is 5.32. The van der Waals surface area contributed by atoms with Gasteiger partial charge in [0.15, 0.2) is 0 Å². The molecule has 2 N–H and O–H groups in total. The Morgan fingerprint density at radius 1 is 1.29 bits per heavy atom. The molecule has 0 unspecified atom stereocenters. The Kier molecular flexibility index (Phi) is 8.39. The first-order valence-corrected chi connectivity index (χ1v) is 7.26. The van der Waals surface area contributed by atoms with E-state index in [0.717, 1.165) is 11.5 Å². The number of hydrogen-bond donors (Lipinski definition) is 1. The van der Waals surface area contributed by atoms with Gasteiger partial charge in [-0.3, -0.25) is 4.79 Å². The number of rotatable bonds is 8. The number of hydrogen-bond acceptors (Lipinski definition) is 3. The van der Waals surface area contributed by atoms with Gasteiger partial charge in [-0.25, -0.2) is 0 Å². The summed E-state index contributed by atoms with van der Waals surface area (Å²) in [6.45, 7) is 2.01. The van der Waals surface area contributed by atoms with Gasteiger partial charge in [-0.15, -0.1) is 46.7 Å². The summed E-state index contributed by atoms with van der Waals surface area (Å²) < 4.78 is -0.185. The van der Waals surface area contributed by atoms with Crippen molar-refractivity contribution in [3.05, 3.63) is 0 Å². The standard InChI is InChI=1S/C8H15Cl2NOS2/c1-8(6-7(11)12,13-4-2-9)14-5-3-10/h2-6H2,1H3,(H2,11,12). The van der Waals surface area contributed by atoms with Gasteiger partial charge < -0.3 is 5.73 Å². The van der Waals surface area contributed by atoms with Crippen LogP contribution in [0, 0.1) is 0 Å². The van der Waals surface area contributed by atoms with Gasteiger partial charge in [0.1, 0.15) is 0 Å². The number of carbonyl (C=O) groups excluding carboxylic acids is 1. The fourth-order valence-corrected chi connectivity index (χ4v) is 3.77. The molecule has 0 fully saturated rings. The second kappa shape index (κ2) is 7.97. The minimum absolute atomic E-state index is 0.185. The average Bonchev–Trinajstić information content (AvgIpc) is 2.11. The highest BCUT2D eigenvalue weighted by molar-refractivity contribution is 8.18. The fraction of sp³-hybridized carbons (Fsp3) is 0.875. The summed E-state index contributed by atoms with van der Waals surface area (Å²) in [6, 6.07) is 0. The summed E-state index contributed by atoms with van der Waals surface area (Å²) in [5.41, 5.74) is 5.19. The molecular weight excluding hydrogens is 261 g/mol. The summed E-state index contributed by atoms with van der Waals surface area (Å²) >= 11 is 14.5. The molecule has 2 nitrogen and oxygen atoms in total. The van der Waals surface area contributed by atoms with Gasteiger partial charge in [-0.1, -0.05) is 0 Å². The van der Waals surface area contributed by atoms with Crippen LogP contribution in [0.15, 0.2) is 0 Å². The Labute approximate surface area is 104 Å². The van der Waals surface area contributed by atoms with Gasteiger partial charge in [-0.05, 0) is 6.92 Å². The first-order valence-electron chi connectivity index (χ1n) is 4.22. The third-order valence-electron chi connectivity index (χ3n) is 1.46. The summed E-state index contributed by atoms with van der Waals surface area (Å²) in [4.78, 5) is 10.9. The molecule has 0 heterocycles. The minimum Gasteiger partial charge on any atom is -0.370 e. The number of halogens is 2. The van der Waals surface area contributed by atoms with Gasteiger partial charge in [0.2, 0.25) is 5.91 Å². The van der Waals surface area contributed by atoms with Crippen molar-refractivity contribution in [2.45, 2.75) is 17.4 Å². The Morgan fingerprint density at radius 3 is 2.00 bits per heavy atom. The van der Waals surface area contributed by atoms with Crippen molar-refractivity contribution in [1.82, 2.24) is 0 Å². The number of nitrogens with two attached hydrogens (primary N) is 1. The lowest BCUT2D eigenvalue weighted by Crippen LogP contribution is -2.26. The van der Waals surface area contributed by atoms with Crippen LogP contribution in [0.2, 0.25) is 0 Å². The molecule has 6 heteroatoms. The summed E-state index contributed by atoms with van der Waals surface area (Å²) in [7, 11) is 0. The summed E-state index contributed by atoms with van der Waals surface area (Å²) in [5.74, 6) is 2.53. The molecule has 0 saturated heterocycles. The number of alkyl halides is 2. The Morgan fingerprint density at radius 2 is 1.71 bits per heavy atom. The quantitative estimate of drug-likeness (QED) is 0.547. The maximum atomic E-state index is 10.9. The Hall–Kier alpha value is 0.750. The van der Waals surface area contributed by atoms with Crippen LogP contribution < -0.4 is 5.73 Å². The van der Waals surface area contributed by atoms with Crippen molar-refractivity contribution in [2.24, 2.45) is 5.73 Å². The molecule has 0 aliphatic heterocycles. The van der Waals surface area contributed by atoms with E-state index in [1.54, 1.807) is 23.5 Å². The van der Waals surface area contributed by atoms with Gasteiger partial charge in [0, 0.05) is 29.7 Å². The Bertz CT molecular complexity index is 173. The second-order valence-electron chi connectivity index (χ2n) is 2.85. The van der Waals surface area contributed by atoms with Gasteiger partial charge in [-0.2, -0.15) is 0 Å². The number of carbonyl (C=O) groups is 1. The van der Waals surface area contributed by atoms with Crippen molar-refractivity contribution in [2.75, 3.05) is 23.3 Å². The van der Waals surface area contributed by atoms with E-state index in [1.807, 2.05) is 6.92 Å². The molecule has 0 radical (unpaired) electrons. The Balaban J connectivity index is 4.09. The molecular formula is C8H15Cl2NOS2. The first-order chi connectivity index (χ1) is 6.54. The van der Waals surface area contributed by atoms with Crippen LogP contribution in [0.5, 0.6) is 0 Å². The van der Waals surface area contributed by atoms with Gasteiger partial charge in [0.25, 0.3) is 0 Å². The normalized spacial score (nSPS) is 11.6. The number of primary amides is 1. The third kappa shape index (κ3) is 7.10. The van der Waals surface area contributed by atoms with Crippen LogP contribution in [0.4, 0.5) is 0 Å². The van der Waals surface area contributed by atoms with E-state index in [2.05, 4.69) is 0 Å². The number of thioether (sulfide) groups is 2. The monoisotopic (exact) mass is 275 g/mol. The van der Waals surface area contributed by atoms with Crippen molar-refractivity contribution < 1.29 is 4.79 Å². The first kappa shape index (κ1) is 14.8. The highest BCUT2D eigenvalue weighted by Crippen LogP contribution is 2.39. The van der Waals surface area contributed by atoms with Gasteiger partial charge >= 0.3 is 0 Å². The highest BCUT2D eigenvalue weighted by Gasteiger charge is 2.27. The van der Waals surface area contributed by atoms with E-state index >= 15 is 0 Å². The molecule has 0 aliphatic carbocycles. The van der Waals surface area contributed by atoms with E-state index in [-0.39, 0.29) is 9.99 Å². The van der Waals surface area contributed by atoms with Crippen LogP contribution in [-0.4, -0.2) is 33.3 Å². The molecule has 0 aromatic rings. The molecule has 0 saturated carbocycles. The molecule has 0 aliphatic rings. The molecule has 84 valence electrons. The molecule has 0 spiro atoms. The van der Waals surface area contributed by atoms with Crippen LogP contribution in [0.25, 0.3) is 0 Å². The minimum atomic E-state index is -0.281. The van der Waals surface area contributed by atoms with E-state index in [9.17, 15) is 4.79 Å². The zero-order valence-electron chi connectivity index (χ0n) is 8.09. The topological polar surface area (TPSA) is 43.1 Å². The molecule has 0 bridgehead atoms. The molecule has 0 rings (SSSR count). The molecule has 0 aromatic carbocycles. The summed E-state index contributed by atoms with van der Waals surface area (Å²) in [6.07, 6.45) is 0.357. The average molecular weight is 276 g/mol. The van der Waals surface area contributed by atoms with E-state index < -0.39 is 0 Å². The smallest absolute Gasteiger partial charge is 0.219 e. The van der Waals surface area contributed by atoms with Gasteiger partial charge in [0.05, 0.1) is 4.08 Å². The maximum Gasteiger partial charge on any atom is 0.219 e. The van der Waals surface area contributed by atoms with E-state index in [0.29, 0.717) is 18.2 Å². The maximum absolute atomic E-state index is 10.9. The van der Waals surface area contributed by atoms with E-state index in [1.165, 1.54) is 0 Å². The van der Waals surface area contributed by atoms with Crippen molar-refractivity contribution in [3.63, 3.8) is 0 Å². The van der Waals surface area contributed by atoms with Crippen molar-refractivity contribution in [1.29, 1.82) is 0 Å². The van der Waals surface area contributed by atoms with E-state index in [4.69, 9.17) is 28.9 Å². The SMILES string of the molecule is CC(CC(N)=O)(SCCCl)SCCCl. The number of amides is 1. The molecule has 0 aromatic heterocycles. The predicted octanol–water partition coefficient (Wildman–Crippen LogP) is 2.52. The van der Waals surface area contributed by atoms with Crippen LogP contribution in [0.1, 0.15) is 13.3 Å². The highest BCUT2D eigenvalue weighted by atomic mass is 35.5. The summed E-state index contributed by atoms with van der Waals surface area (Å²) in [5, 5.41) is 0. The van der Waals surface area contributed by atoms with Crippen LogP contribution in [-0.2, 0) is 4.79 Å². The zero-order valence-corrected chi connectivity index (χ0v) is 11.2. The molecule has 0 atom stereocenters. The lowest BCUT2D eigenvalue weighted by atomic mass is 10.3. The molecule has 14 heavy (non-hydrogen) atoms. The lowest BCUT2D eigenvalue weighted by molar-refractivity contribution is -0.118. The predicted molar refractivity (Wildman–Crippen MR) is 68.6 cm³/mol. The van der Waals surface area contributed by atoms with Crippen molar-refractivity contribution >= 4 is 52.6 Å². The van der Waals surface area contributed by atoms with Crippen molar-refractivity contribution in [3.8, 4) is 0 Å².